The first-order chi connectivity index (χ1) is 14.3. The summed E-state index contributed by atoms with van der Waals surface area (Å²) in [5.74, 6) is 2.36. The highest BCUT2D eigenvalue weighted by molar-refractivity contribution is 7.88. The van der Waals surface area contributed by atoms with Crippen LogP contribution >= 0.6 is 0 Å². The lowest BCUT2D eigenvalue weighted by atomic mass is 9.92. The number of nitrogens with one attached hydrogen (secondary N) is 2. The summed E-state index contributed by atoms with van der Waals surface area (Å²) in [7, 11) is -0.00768. The number of hydrogen-bond donors (Lipinski definition) is 3. The molecule has 1 heterocycles. The molecule has 0 bridgehead atoms. The summed E-state index contributed by atoms with van der Waals surface area (Å²) in [6.45, 7) is 0.577. The lowest BCUT2D eigenvalue weighted by molar-refractivity contribution is -0.122. The van der Waals surface area contributed by atoms with Gasteiger partial charge in [-0.25, -0.2) is 13.1 Å². The van der Waals surface area contributed by atoms with Crippen LogP contribution in [0.4, 0.5) is 0 Å². The Kier molecular flexibility index (Phi) is 8.63. The number of nitrogens with zero attached hydrogens (tertiary/aromatic N) is 1. The molecule has 0 aliphatic heterocycles. The van der Waals surface area contributed by atoms with Crippen molar-refractivity contribution in [1.82, 2.24) is 15.2 Å². The van der Waals surface area contributed by atoms with Gasteiger partial charge in [0.15, 0.2) is 0 Å². The van der Waals surface area contributed by atoms with E-state index in [1.165, 1.54) is 0 Å². The molecule has 0 amide bonds. The topological polar surface area (TPSA) is 140 Å². The third-order valence-corrected chi connectivity index (χ3v) is 5.30. The molecule has 1 unspecified atom stereocenters. The third kappa shape index (κ3) is 7.01. The molecule has 0 saturated heterocycles. The van der Waals surface area contributed by atoms with Crippen molar-refractivity contribution in [1.29, 1.82) is 0 Å². The van der Waals surface area contributed by atoms with Gasteiger partial charge in [0.25, 0.3) is 6.47 Å². The van der Waals surface area contributed by atoms with E-state index in [1.54, 1.807) is 14.2 Å². The van der Waals surface area contributed by atoms with Crippen molar-refractivity contribution in [3.63, 3.8) is 0 Å². The van der Waals surface area contributed by atoms with E-state index in [-0.39, 0.29) is 19.1 Å². The van der Waals surface area contributed by atoms with Gasteiger partial charge < -0.3 is 24.4 Å². The molecule has 3 N–H and O–H groups in total. The molecule has 11 heteroatoms. The fourth-order valence-electron chi connectivity index (χ4n) is 3.21. The standard InChI is InChI=1S/C18H25N3O5S.CH2O2/c1-24-14-6-12(7-15(9-14)25-2)10-19-13-4-5-18-16(8-13)17(21-26-18)11-20-27(3,22)23;2-1-3/h6-7,9,13,19-20H,4-5,8,10-11H2,1-3H3;1H,(H,2,3). The molecule has 1 atom stereocenters. The van der Waals surface area contributed by atoms with Crippen LogP contribution in [-0.2, 0) is 40.7 Å². The van der Waals surface area contributed by atoms with Crippen molar-refractivity contribution in [3.05, 3.63) is 40.8 Å². The Morgan fingerprint density at radius 1 is 1.23 bits per heavy atom. The van der Waals surface area contributed by atoms with Crippen LogP contribution in [0.2, 0.25) is 0 Å². The highest BCUT2D eigenvalue weighted by Crippen LogP contribution is 2.26. The van der Waals surface area contributed by atoms with Crippen LogP contribution in [0.3, 0.4) is 0 Å². The van der Waals surface area contributed by atoms with E-state index < -0.39 is 10.0 Å². The summed E-state index contributed by atoms with van der Waals surface area (Å²) in [4.78, 5) is 8.36. The maximum absolute atomic E-state index is 11.3. The molecule has 0 radical (unpaired) electrons. The summed E-state index contributed by atoms with van der Waals surface area (Å²) in [5.41, 5.74) is 2.73. The first-order valence-electron chi connectivity index (χ1n) is 9.23. The quantitative estimate of drug-likeness (QED) is 0.513. The van der Waals surface area contributed by atoms with Crippen LogP contribution in [0.15, 0.2) is 22.7 Å². The van der Waals surface area contributed by atoms with Crippen LogP contribution in [0, 0.1) is 0 Å². The molecule has 1 aliphatic carbocycles. The fourth-order valence-corrected chi connectivity index (χ4v) is 3.61. The van der Waals surface area contributed by atoms with E-state index >= 15 is 0 Å². The van der Waals surface area contributed by atoms with Crippen molar-refractivity contribution < 1.29 is 32.3 Å². The molecule has 1 aliphatic rings. The van der Waals surface area contributed by atoms with Gasteiger partial charge in [0.05, 0.1) is 27.0 Å². The van der Waals surface area contributed by atoms with Gasteiger partial charge in [0, 0.05) is 30.6 Å². The SMILES string of the molecule is COc1cc(CNC2CCc3onc(CNS(C)(=O)=O)c3C2)cc(OC)c1.O=CO. The highest BCUT2D eigenvalue weighted by Gasteiger charge is 2.25. The van der Waals surface area contributed by atoms with Gasteiger partial charge in [-0.3, -0.25) is 4.79 Å². The van der Waals surface area contributed by atoms with E-state index in [4.69, 9.17) is 23.9 Å². The Hall–Kier alpha value is -2.63. The van der Waals surface area contributed by atoms with Gasteiger partial charge in [-0.15, -0.1) is 0 Å². The number of hydrogen-bond acceptors (Lipinski definition) is 8. The van der Waals surface area contributed by atoms with Crippen LogP contribution < -0.4 is 19.5 Å². The van der Waals surface area contributed by atoms with Gasteiger partial charge in [-0.2, -0.15) is 0 Å². The average Bonchev–Trinajstić information content (AvgIpc) is 3.12. The van der Waals surface area contributed by atoms with Crippen LogP contribution in [0.1, 0.15) is 29.0 Å². The monoisotopic (exact) mass is 441 g/mol. The molecule has 0 spiro atoms. The molecule has 1 aromatic carbocycles. The van der Waals surface area contributed by atoms with Gasteiger partial charge >= 0.3 is 0 Å². The maximum Gasteiger partial charge on any atom is 0.290 e. The predicted molar refractivity (Wildman–Crippen MR) is 109 cm³/mol. The maximum atomic E-state index is 11.3. The van der Waals surface area contributed by atoms with Crippen LogP contribution in [-0.4, -0.2) is 51.7 Å². The normalized spacial score (nSPS) is 15.5. The number of aromatic nitrogens is 1. The Labute approximate surface area is 175 Å². The van der Waals surface area contributed by atoms with Crippen LogP contribution in [0.25, 0.3) is 0 Å². The van der Waals surface area contributed by atoms with Gasteiger partial charge in [-0.1, -0.05) is 5.16 Å². The van der Waals surface area contributed by atoms with Gasteiger partial charge in [0.1, 0.15) is 23.0 Å². The molecule has 0 saturated carbocycles. The number of benzene rings is 1. The minimum absolute atomic E-state index is 0.150. The molecule has 3 rings (SSSR count). The fraction of sp³-hybridized carbons (Fsp3) is 0.474. The number of carboxylic acid groups (broad SMARTS) is 1. The Bertz CT molecular complexity index is 921. The second-order valence-electron chi connectivity index (χ2n) is 6.77. The molecule has 166 valence electrons. The Morgan fingerprint density at radius 3 is 2.43 bits per heavy atom. The predicted octanol–water partition coefficient (Wildman–Crippen LogP) is 1.09. The summed E-state index contributed by atoms with van der Waals surface area (Å²) >= 11 is 0. The van der Waals surface area contributed by atoms with E-state index in [2.05, 4.69) is 15.2 Å². The first-order valence-corrected chi connectivity index (χ1v) is 11.1. The highest BCUT2D eigenvalue weighted by atomic mass is 32.2. The minimum Gasteiger partial charge on any atom is -0.497 e. The van der Waals surface area contributed by atoms with Crippen LogP contribution in [0.5, 0.6) is 11.5 Å². The van der Waals surface area contributed by atoms with Crippen molar-refractivity contribution in [2.75, 3.05) is 20.5 Å². The zero-order valence-corrected chi connectivity index (χ0v) is 18.0. The summed E-state index contributed by atoms with van der Waals surface area (Å²) in [5, 5.41) is 14.5. The van der Waals surface area contributed by atoms with E-state index in [9.17, 15) is 8.42 Å². The van der Waals surface area contributed by atoms with Crippen molar-refractivity contribution in [2.45, 2.75) is 38.4 Å². The molecule has 1 aromatic heterocycles. The Balaban J connectivity index is 0.00000101. The summed E-state index contributed by atoms with van der Waals surface area (Å²) < 4.78 is 41.1. The number of fused-ring (bicyclic) bond motifs is 1. The Morgan fingerprint density at radius 2 is 1.87 bits per heavy atom. The molecular formula is C19H27N3O7S. The summed E-state index contributed by atoms with van der Waals surface area (Å²) in [6, 6.07) is 6.05. The lowest BCUT2D eigenvalue weighted by Gasteiger charge is -2.23. The van der Waals surface area contributed by atoms with E-state index in [1.807, 2.05) is 18.2 Å². The zero-order valence-electron chi connectivity index (χ0n) is 17.2. The second-order valence-corrected chi connectivity index (χ2v) is 8.60. The van der Waals surface area contributed by atoms with Gasteiger partial charge in [0.2, 0.25) is 10.0 Å². The molecule has 30 heavy (non-hydrogen) atoms. The number of rotatable bonds is 8. The van der Waals surface area contributed by atoms with Gasteiger partial charge in [-0.05, 0) is 30.5 Å². The minimum atomic E-state index is -3.27. The molecular weight excluding hydrogens is 414 g/mol. The number of methoxy groups -OCH3 is 2. The third-order valence-electron chi connectivity index (χ3n) is 4.63. The molecule has 10 nitrogen and oxygen atoms in total. The van der Waals surface area contributed by atoms with Crippen molar-refractivity contribution >= 4 is 16.5 Å². The number of aryl methyl sites for hydroxylation is 1. The number of sulfonamides is 1. The average molecular weight is 442 g/mol. The number of carbonyl (C=O) groups is 1. The number of ether oxygens (including phenoxy) is 2. The lowest BCUT2D eigenvalue weighted by Crippen LogP contribution is -2.34. The van der Waals surface area contributed by atoms with E-state index in [0.717, 1.165) is 53.9 Å². The smallest absolute Gasteiger partial charge is 0.290 e. The molecule has 2 aromatic rings. The molecule has 0 fully saturated rings. The largest absolute Gasteiger partial charge is 0.497 e. The van der Waals surface area contributed by atoms with Crippen molar-refractivity contribution in [2.24, 2.45) is 0 Å². The first kappa shape index (κ1) is 23.6. The second kappa shape index (κ2) is 11.0. The van der Waals surface area contributed by atoms with E-state index in [0.29, 0.717) is 12.2 Å². The van der Waals surface area contributed by atoms with Crippen molar-refractivity contribution in [3.8, 4) is 11.5 Å². The summed E-state index contributed by atoms with van der Waals surface area (Å²) in [6.07, 6.45) is 3.59. The zero-order chi connectivity index (χ0) is 22.1.